The highest BCUT2D eigenvalue weighted by Gasteiger charge is 2.41. The first kappa shape index (κ1) is 25.2. The van der Waals surface area contributed by atoms with Crippen LogP contribution < -0.4 is 20.3 Å². The Hall–Kier alpha value is -3.43. The van der Waals surface area contributed by atoms with Crippen molar-refractivity contribution in [1.82, 2.24) is 14.9 Å². The van der Waals surface area contributed by atoms with Gasteiger partial charge in [-0.1, -0.05) is 25.3 Å². The average Bonchev–Trinajstić information content (AvgIpc) is 3.54. The number of nitrogens with zero attached hydrogens (tertiary/aromatic N) is 3. The second-order valence-corrected chi connectivity index (χ2v) is 9.93. The van der Waals surface area contributed by atoms with E-state index in [1.165, 1.54) is 39.2 Å². The Bertz CT molecular complexity index is 1240. The number of amides is 1. The third-order valence-corrected chi connectivity index (χ3v) is 7.50. The first-order valence-electron chi connectivity index (χ1n) is 12.7. The third kappa shape index (κ3) is 5.33. The van der Waals surface area contributed by atoms with Crippen molar-refractivity contribution in [3.05, 3.63) is 72.3 Å². The van der Waals surface area contributed by atoms with Gasteiger partial charge in [-0.2, -0.15) is 0 Å². The van der Waals surface area contributed by atoms with E-state index < -0.39 is 0 Å². The molecule has 2 aromatic heterocycles. The van der Waals surface area contributed by atoms with Crippen molar-refractivity contribution in [2.75, 3.05) is 31.0 Å². The summed E-state index contributed by atoms with van der Waals surface area (Å²) in [5, 5.41) is 7.00. The fraction of sp³-hybridized carbons (Fsp3) is 0.393. The predicted molar refractivity (Wildman–Crippen MR) is 148 cm³/mol. The molecule has 2 aliphatic rings. The van der Waals surface area contributed by atoms with E-state index in [-0.39, 0.29) is 24.6 Å². The summed E-state index contributed by atoms with van der Waals surface area (Å²) in [7, 11) is 3.07. The molecule has 5 rings (SSSR count). The van der Waals surface area contributed by atoms with Crippen LogP contribution in [0.5, 0.6) is 5.75 Å². The van der Waals surface area contributed by atoms with E-state index in [4.69, 9.17) is 21.7 Å². The molecule has 0 spiro atoms. The van der Waals surface area contributed by atoms with Crippen LogP contribution in [0.25, 0.3) is 0 Å². The number of hydrogen-bond donors (Lipinski definition) is 2. The minimum Gasteiger partial charge on any atom is -0.495 e. The van der Waals surface area contributed by atoms with Crippen molar-refractivity contribution >= 4 is 34.6 Å². The molecule has 194 valence electrons. The molecule has 2 atom stereocenters. The summed E-state index contributed by atoms with van der Waals surface area (Å²) in [4.78, 5) is 19.1. The number of methoxy groups -OCH3 is 2. The normalized spacial score (nSPS) is 20.1. The molecule has 1 aliphatic heterocycles. The number of pyridine rings is 1. The summed E-state index contributed by atoms with van der Waals surface area (Å²) < 4.78 is 12.9. The zero-order valence-corrected chi connectivity index (χ0v) is 22.0. The van der Waals surface area contributed by atoms with Gasteiger partial charge in [0.05, 0.1) is 30.6 Å². The largest absolute Gasteiger partial charge is 0.495 e. The molecule has 37 heavy (non-hydrogen) atoms. The Labute approximate surface area is 223 Å². The number of aromatic nitrogens is 2. The zero-order chi connectivity index (χ0) is 25.8. The number of benzene rings is 1. The molecule has 3 heterocycles. The van der Waals surface area contributed by atoms with Crippen LogP contribution in [0.1, 0.15) is 61.5 Å². The molecule has 2 N–H and O–H groups in total. The van der Waals surface area contributed by atoms with Crippen LogP contribution in [-0.2, 0) is 9.53 Å². The zero-order valence-electron chi connectivity index (χ0n) is 21.2. The van der Waals surface area contributed by atoms with Gasteiger partial charge >= 0.3 is 0 Å². The van der Waals surface area contributed by atoms with E-state index in [0.29, 0.717) is 22.6 Å². The summed E-state index contributed by atoms with van der Waals surface area (Å²) in [6.45, 7) is -0.0455. The number of ether oxygens (including phenoxy) is 2. The molecule has 1 amide bonds. The Balaban J connectivity index is 1.54. The van der Waals surface area contributed by atoms with Gasteiger partial charge in [0.2, 0.25) is 5.91 Å². The fourth-order valence-electron chi connectivity index (χ4n) is 5.44. The van der Waals surface area contributed by atoms with Gasteiger partial charge in [-0.3, -0.25) is 9.78 Å². The van der Waals surface area contributed by atoms with Crippen LogP contribution in [0.4, 0.5) is 11.4 Å². The van der Waals surface area contributed by atoms with E-state index in [1.54, 1.807) is 7.11 Å². The highest BCUT2D eigenvalue weighted by atomic mass is 32.1. The molecule has 0 unspecified atom stereocenters. The molecule has 1 aromatic carbocycles. The standard InChI is InChI=1S/C28H33N5O3S/c1-35-18-25(34)30-23-16-21(11-12-24(23)36-2)33-27(26(31-28(33)37)22-10-6-7-14-29-22)19-13-15-32(17-19)20-8-4-3-5-9-20/h6-7,10-17,20,26-27H,3-5,8-9,18H2,1-2H3,(H,30,34)(H,31,37)/t26-,27+/m0/s1. The molecule has 8 nitrogen and oxygen atoms in total. The second-order valence-electron chi connectivity index (χ2n) is 9.55. The number of rotatable bonds is 8. The minimum absolute atomic E-state index is 0.0455. The maximum atomic E-state index is 12.3. The number of carbonyl (C=O) groups excluding carboxylic acids is 1. The van der Waals surface area contributed by atoms with E-state index >= 15 is 0 Å². The van der Waals surface area contributed by atoms with Gasteiger partial charge in [0.1, 0.15) is 12.4 Å². The SMILES string of the molecule is COCC(=O)Nc1cc(N2C(=S)N[C@@H](c3ccccn3)[C@H]2c2ccn(C3CCCCC3)c2)ccc1OC. The van der Waals surface area contributed by atoms with Gasteiger partial charge in [0, 0.05) is 37.4 Å². The van der Waals surface area contributed by atoms with Crippen molar-refractivity contribution in [1.29, 1.82) is 0 Å². The van der Waals surface area contributed by atoms with Crippen molar-refractivity contribution in [2.24, 2.45) is 0 Å². The maximum Gasteiger partial charge on any atom is 0.250 e. The van der Waals surface area contributed by atoms with Crippen molar-refractivity contribution < 1.29 is 14.3 Å². The summed E-state index contributed by atoms with van der Waals surface area (Å²) in [6.07, 6.45) is 12.6. The lowest BCUT2D eigenvalue weighted by atomic mass is 9.95. The number of hydrogen-bond acceptors (Lipinski definition) is 5. The lowest BCUT2D eigenvalue weighted by Gasteiger charge is -2.28. The fourth-order valence-corrected chi connectivity index (χ4v) is 5.79. The first-order valence-corrected chi connectivity index (χ1v) is 13.1. The Morgan fingerprint density at radius 2 is 2.00 bits per heavy atom. The molecule has 1 aliphatic carbocycles. The predicted octanol–water partition coefficient (Wildman–Crippen LogP) is 5.16. The molecule has 0 radical (unpaired) electrons. The van der Waals surface area contributed by atoms with Crippen molar-refractivity contribution in [3.63, 3.8) is 0 Å². The van der Waals surface area contributed by atoms with E-state index in [2.05, 4.69) is 43.5 Å². The van der Waals surface area contributed by atoms with Crippen molar-refractivity contribution in [3.8, 4) is 5.75 Å². The number of thiocarbonyl (C=S) groups is 1. The van der Waals surface area contributed by atoms with Gasteiger partial charge in [0.25, 0.3) is 0 Å². The number of anilines is 2. The van der Waals surface area contributed by atoms with E-state index in [1.807, 2.05) is 42.6 Å². The molecular formula is C28H33N5O3S. The lowest BCUT2D eigenvalue weighted by molar-refractivity contribution is -0.119. The molecule has 2 fully saturated rings. The first-order chi connectivity index (χ1) is 18.1. The average molecular weight is 520 g/mol. The highest BCUT2D eigenvalue weighted by Crippen LogP contribution is 2.43. The van der Waals surface area contributed by atoms with Gasteiger partial charge in [-0.25, -0.2) is 0 Å². The van der Waals surface area contributed by atoms with E-state index in [9.17, 15) is 4.79 Å². The van der Waals surface area contributed by atoms with Gasteiger partial charge in [-0.15, -0.1) is 0 Å². The monoisotopic (exact) mass is 519 g/mol. The van der Waals surface area contributed by atoms with Crippen LogP contribution in [0, 0.1) is 0 Å². The smallest absolute Gasteiger partial charge is 0.250 e. The summed E-state index contributed by atoms with van der Waals surface area (Å²) >= 11 is 5.88. The second kappa shape index (κ2) is 11.3. The summed E-state index contributed by atoms with van der Waals surface area (Å²) in [5.41, 5.74) is 3.49. The Kier molecular flexibility index (Phi) is 7.71. The third-order valence-electron chi connectivity index (χ3n) is 7.18. The van der Waals surface area contributed by atoms with Crippen LogP contribution in [0.15, 0.2) is 61.1 Å². The molecular weight excluding hydrogens is 486 g/mol. The minimum atomic E-state index is -0.257. The van der Waals surface area contributed by atoms with Gasteiger partial charge in [0.15, 0.2) is 5.11 Å². The van der Waals surface area contributed by atoms with Crippen LogP contribution in [0.3, 0.4) is 0 Å². The molecule has 3 aromatic rings. The summed E-state index contributed by atoms with van der Waals surface area (Å²) in [6, 6.07) is 14.1. The number of carbonyl (C=O) groups is 1. The van der Waals surface area contributed by atoms with Crippen molar-refractivity contribution in [2.45, 2.75) is 50.2 Å². The van der Waals surface area contributed by atoms with Crippen LogP contribution in [0.2, 0.25) is 0 Å². The van der Waals surface area contributed by atoms with Crippen LogP contribution in [-0.4, -0.2) is 41.4 Å². The quantitative estimate of drug-likeness (QED) is 0.398. The molecule has 1 saturated heterocycles. The van der Waals surface area contributed by atoms with Gasteiger partial charge < -0.3 is 29.6 Å². The molecule has 1 saturated carbocycles. The Morgan fingerprint density at radius 1 is 1.16 bits per heavy atom. The van der Waals surface area contributed by atoms with Crippen LogP contribution >= 0.6 is 12.2 Å². The molecule has 9 heteroatoms. The maximum absolute atomic E-state index is 12.3. The number of nitrogens with one attached hydrogen (secondary N) is 2. The summed E-state index contributed by atoms with van der Waals surface area (Å²) in [5.74, 6) is 0.306. The topological polar surface area (TPSA) is 80.7 Å². The highest BCUT2D eigenvalue weighted by molar-refractivity contribution is 7.80. The lowest BCUT2D eigenvalue weighted by Crippen LogP contribution is -2.29. The van der Waals surface area contributed by atoms with Gasteiger partial charge in [-0.05, 0) is 67.0 Å². The Morgan fingerprint density at radius 3 is 2.73 bits per heavy atom. The molecule has 0 bridgehead atoms. The van der Waals surface area contributed by atoms with E-state index in [0.717, 1.165) is 16.9 Å².